The second-order valence-electron chi connectivity index (χ2n) is 4.38. The molecule has 1 rings (SSSR count). The minimum atomic E-state index is -0.544. The molecule has 1 saturated carbocycles. The second kappa shape index (κ2) is 5.75. The predicted octanol–water partition coefficient (Wildman–Crippen LogP) is 2.52. The van der Waals surface area contributed by atoms with Crippen molar-refractivity contribution in [2.24, 2.45) is 17.8 Å². The zero-order valence-electron chi connectivity index (χ0n) is 9.53. The van der Waals surface area contributed by atoms with Gasteiger partial charge in [0.15, 0.2) is 0 Å². The van der Waals surface area contributed by atoms with Gasteiger partial charge in [0.05, 0.1) is 12.7 Å². The third-order valence-corrected chi connectivity index (χ3v) is 3.21. The van der Waals surface area contributed by atoms with E-state index in [4.69, 9.17) is 10.00 Å². The Labute approximate surface area is 91.4 Å². The average molecular weight is 209 g/mol. The van der Waals surface area contributed by atoms with Crippen LogP contribution in [0.2, 0.25) is 0 Å². The summed E-state index contributed by atoms with van der Waals surface area (Å²) in [6, 6.07) is 2.10. The van der Waals surface area contributed by atoms with Crippen LogP contribution in [0.1, 0.15) is 39.5 Å². The summed E-state index contributed by atoms with van der Waals surface area (Å²) in [4.78, 5) is 11.5. The van der Waals surface area contributed by atoms with Crippen LogP contribution in [0.25, 0.3) is 0 Å². The molecule has 1 aliphatic carbocycles. The van der Waals surface area contributed by atoms with E-state index in [-0.39, 0.29) is 11.9 Å². The van der Waals surface area contributed by atoms with E-state index >= 15 is 0 Å². The van der Waals surface area contributed by atoms with Crippen molar-refractivity contribution in [2.45, 2.75) is 39.5 Å². The molecular weight excluding hydrogens is 190 g/mol. The van der Waals surface area contributed by atoms with E-state index in [0.717, 1.165) is 31.6 Å². The topological polar surface area (TPSA) is 50.1 Å². The summed E-state index contributed by atoms with van der Waals surface area (Å²) in [6.45, 7) is 4.36. The van der Waals surface area contributed by atoms with Gasteiger partial charge in [0.2, 0.25) is 0 Å². The molecule has 0 heterocycles. The molecule has 84 valence electrons. The van der Waals surface area contributed by atoms with Gasteiger partial charge in [-0.05, 0) is 31.6 Å². The Morgan fingerprint density at radius 3 is 2.53 bits per heavy atom. The smallest absolute Gasteiger partial charge is 0.323 e. The summed E-state index contributed by atoms with van der Waals surface area (Å²) in [6.07, 6.45) is 4.22. The van der Waals surface area contributed by atoms with Crippen LogP contribution in [0.15, 0.2) is 0 Å². The van der Waals surface area contributed by atoms with E-state index in [1.54, 1.807) is 6.92 Å². The fourth-order valence-electron chi connectivity index (χ4n) is 2.20. The zero-order chi connectivity index (χ0) is 11.3. The molecule has 1 aliphatic rings. The molecule has 0 bridgehead atoms. The highest BCUT2D eigenvalue weighted by Gasteiger charge is 2.31. The number of ether oxygens (including phenoxy) is 1. The number of esters is 1. The lowest BCUT2D eigenvalue weighted by atomic mass is 9.77. The molecule has 1 fully saturated rings. The fourth-order valence-corrected chi connectivity index (χ4v) is 2.20. The first-order chi connectivity index (χ1) is 7.19. The third-order valence-electron chi connectivity index (χ3n) is 3.21. The molecule has 0 amide bonds. The quantitative estimate of drug-likeness (QED) is 0.671. The first kappa shape index (κ1) is 12.0. The first-order valence-electron chi connectivity index (χ1n) is 5.75. The summed E-state index contributed by atoms with van der Waals surface area (Å²) in [5.74, 6) is 0.0741. The van der Waals surface area contributed by atoms with E-state index in [9.17, 15) is 4.79 Å². The van der Waals surface area contributed by atoms with Crippen LogP contribution in [0, 0.1) is 29.1 Å². The van der Waals surface area contributed by atoms with Crippen molar-refractivity contribution in [3.05, 3.63) is 0 Å². The van der Waals surface area contributed by atoms with E-state index in [0.29, 0.717) is 6.61 Å². The van der Waals surface area contributed by atoms with E-state index in [1.807, 2.05) is 0 Å². The lowest BCUT2D eigenvalue weighted by Gasteiger charge is -2.28. The Kier molecular flexibility index (Phi) is 4.61. The fraction of sp³-hybridized carbons (Fsp3) is 0.833. The van der Waals surface area contributed by atoms with Gasteiger partial charge in [-0.15, -0.1) is 0 Å². The maximum atomic E-state index is 11.5. The number of carbonyl (C=O) groups excluding carboxylic acids is 1. The molecule has 0 saturated heterocycles. The standard InChI is InChI=1S/C12H19NO2/c1-3-15-12(14)11(8-13)10-6-4-9(2)5-7-10/h9-11H,3-7H2,1-2H3/t9?,10?,11-/m1/s1. The molecule has 0 spiro atoms. The molecule has 15 heavy (non-hydrogen) atoms. The van der Waals surface area contributed by atoms with Crippen molar-refractivity contribution in [1.82, 2.24) is 0 Å². The van der Waals surface area contributed by atoms with Crippen molar-refractivity contribution in [3.8, 4) is 6.07 Å². The average Bonchev–Trinajstić information content (AvgIpc) is 2.22. The number of rotatable bonds is 3. The number of nitrogens with zero attached hydrogens (tertiary/aromatic N) is 1. The van der Waals surface area contributed by atoms with E-state index in [1.165, 1.54) is 0 Å². The molecule has 0 aromatic carbocycles. The summed E-state index contributed by atoms with van der Waals surface area (Å²) in [5.41, 5.74) is 0. The highest BCUT2D eigenvalue weighted by Crippen LogP contribution is 2.33. The van der Waals surface area contributed by atoms with Crippen molar-refractivity contribution in [2.75, 3.05) is 6.61 Å². The number of hydrogen-bond donors (Lipinski definition) is 0. The Morgan fingerprint density at radius 2 is 2.07 bits per heavy atom. The van der Waals surface area contributed by atoms with E-state index in [2.05, 4.69) is 13.0 Å². The normalized spacial score (nSPS) is 27.8. The van der Waals surface area contributed by atoms with Crippen molar-refractivity contribution in [1.29, 1.82) is 5.26 Å². The molecule has 0 aromatic rings. The molecule has 3 nitrogen and oxygen atoms in total. The van der Waals surface area contributed by atoms with Crippen LogP contribution < -0.4 is 0 Å². The van der Waals surface area contributed by atoms with Gasteiger partial charge >= 0.3 is 5.97 Å². The Hall–Kier alpha value is -1.04. The summed E-state index contributed by atoms with van der Waals surface area (Å²) in [7, 11) is 0. The van der Waals surface area contributed by atoms with Gasteiger partial charge in [-0.2, -0.15) is 5.26 Å². The maximum absolute atomic E-state index is 11.5. The van der Waals surface area contributed by atoms with Crippen molar-refractivity contribution >= 4 is 5.97 Å². The van der Waals surface area contributed by atoms with Crippen LogP contribution in [0.3, 0.4) is 0 Å². The predicted molar refractivity (Wildman–Crippen MR) is 56.9 cm³/mol. The van der Waals surface area contributed by atoms with Gasteiger partial charge in [0.1, 0.15) is 5.92 Å². The van der Waals surface area contributed by atoms with Crippen LogP contribution >= 0.6 is 0 Å². The third kappa shape index (κ3) is 3.23. The maximum Gasteiger partial charge on any atom is 0.323 e. The number of nitriles is 1. The molecule has 3 heteroatoms. The summed E-state index contributed by atoms with van der Waals surface area (Å²) in [5, 5.41) is 8.99. The number of carbonyl (C=O) groups is 1. The van der Waals surface area contributed by atoms with Gasteiger partial charge < -0.3 is 4.74 Å². The second-order valence-corrected chi connectivity index (χ2v) is 4.38. The highest BCUT2D eigenvalue weighted by atomic mass is 16.5. The van der Waals surface area contributed by atoms with Crippen molar-refractivity contribution < 1.29 is 9.53 Å². The Balaban J connectivity index is 2.52. The lowest BCUT2D eigenvalue weighted by Crippen LogP contribution is -2.27. The minimum Gasteiger partial charge on any atom is -0.465 e. The van der Waals surface area contributed by atoms with Crippen LogP contribution in [-0.4, -0.2) is 12.6 Å². The van der Waals surface area contributed by atoms with Crippen LogP contribution in [-0.2, 0) is 9.53 Å². The molecule has 0 aliphatic heterocycles. The number of hydrogen-bond acceptors (Lipinski definition) is 3. The van der Waals surface area contributed by atoms with Crippen LogP contribution in [0.5, 0.6) is 0 Å². The molecule has 0 N–H and O–H groups in total. The summed E-state index contributed by atoms with van der Waals surface area (Å²) < 4.78 is 4.91. The minimum absolute atomic E-state index is 0.213. The highest BCUT2D eigenvalue weighted by molar-refractivity contribution is 5.75. The van der Waals surface area contributed by atoms with Gasteiger partial charge in [0.25, 0.3) is 0 Å². The molecule has 1 atom stereocenters. The van der Waals surface area contributed by atoms with Gasteiger partial charge in [0, 0.05) is 0 Å². The summed E-state index contributed by atoms with van der Waals surface area (Å²) >= 11 is 0. The Bertz CT molecular complexity index is 249. The lowest BCUT2D eigenvalue weighted by molar-refractivity contribution is -0.148. The zero-order valence-corrected chi connectivity index (χ0v) is 9.53. The molecule has 0 aromatic heterocycles. The van der Waals surface area contributed by atoms with Crippen molar-refractivity contribution in [3.63, 3.8) is 0 Å². The Morgan fingerprint density at radius 1 is 1.47 bits per heavy atom. The van der Waals surface area contributed by atoms with E-state index < -0.39 is 5.92 Å². The SMILES string of the molecule is CCOC(=O)[C@H](C#N)C1CCC(C)CC1. The molecule has 0 radical (unpaired) electrons. The molecule has 0 unspecified atom stereocenters. The molecular formula is C12H19NO2. The monoisotopic (exact) mass is 209 g/mol. The van der Waals surface area contributed by atoms with Gasteiger partial charge in [-0.3, -0.25) is 4.79 Å². The largest absolute Gasteiger partial charge is 0.465 e. The van der Waals surface area contributed by atoms with Gasteiger partial charge in [-0.1, -0.05) is 19.8 Å². The first-order valence-corrected chi connectivity index (χ1v) is 5.75. The van der Waals surface area contributed by atoms with Gasteiger partial charge in [-0.25, -0.2) is 0 Å². The van der Waals surface area contributed by atoms with Crippen LogP contribution in [0.4, 0.5) is 0 Å².